The van der Waals surface area contributed by atoms with Crippen LogP contribution >= 0.6 is 11.8 Å². The zero-order chi connectivity index (χ0) is 32.1. The molecule has 1 aliphatic heterocycles. The van der Waals surface area contributed by atoms with E-state index in [-0.39, 0.29) is 23.4 Å². The van der Waals surface area contributed by atoms with E-state index in [1.807, 2.05) is 49.9 Å². The van der Waals surface area contributed by atoms with Gasteiger partial charge in [-0.15, -0.1) is 18.3 Å². The molecule has 45 heavy (non-hydrogen) atoms. The highest BCUT2D eigenvalue weighted by molar-refractivity contribution is 8.14. The molecule has 1 aromatic heterocycles. The number of aromatic nitrogens is 3. The number of carbonyl (C=O) groups is 1. The predicted octanol–water partition coefficient (Wildman–Crippen LogP) is 7.59. The highest BCUT2D eigenvalue weighted by atomic mass is 32.2. The van der Waals surface area contributed by atoms with Crippen molar-refractivity contribution in [3.8, 4) is 22.8 Å². The summed E-state index contributed by atoms with van der Waals surface area (Å²) in [6.07, 6.45) is -2.54. The average Bonchev–Trinajstić information content (AvgIpc) is 3.66. The number of ether oxygens (including phenoxy) is 1. The molecule has 0 aliphatic carbocycles. The molecule has 0 saturated carbocycles. The van der Waals surface area contributed by atoms with Crippen molar-refractivity contribution in [2.75, 3.05) is 23.7 Å². The average molecular weight is 641 g/mol. The van der Waals surface area contributed by atoms with E-state index >= 15 is 0 Å². The van der Waals surface area contributed by atoms with Crippen LogP contribution in [0.3, 0.4) is 0 Å². The molecule has 1 fully saturated rings. The van der Waals surface area contributed by atoms with E-state index < -0.39 is 12.4 Å². The number of carbonyl (C=O) groups excluding carboxylic acids is 1. The summed E-state index contributed by atoms with van der Waals surface area (Å²) in [5.41, 5.74) is 4.14. The topological polar surface area (TPSA) is 84.6 Å². The van der Waals surface area contributed by atoms with Gasteiger partial charge in [-0.25, -0.2) is 18.9 Å². The van der Waals surface area contributed by atoms with Crippen molar-refractivity contribution in [1.29, 1.82) is 0 Å². The number of hydrogen-bond donors (Lipinski definition) is 1. The third-order valence-electron chi connectivity index (χ3n) is 7.10. The van der Waals surface area contributed by atoms with E-state index in [0.717, 1.165) is 34.6 Å². The van der Waals surface area contributed by atoms with Crippen molar-refractivity contribution in [2.24, 2.45) is 10.9 Å². The molecule has 4 aromatic rings. The Hall–Kier alpha value is -4.39. The largest absolute Gasteiger partial charge is 0.573 e. The lowest BCUT2D eigenvalue weighted by atomic mass is 10.00. The van der Waals surface area contributed by atoms with E-state index in [1.165, 1.54) is 53.1 Å². The maximum Gasteiger partial charge on any atom is 0.573 e. The van der Waals surface area contributed by atoms with Crippen LogP contribution in [-0.4, -0.2) is 51.2 Å². The lowest BCUT2D eigenvalue weighted by Crippen LogP contribution is -2.30. The number of aliphatic imine (C=N–C) groups is 1. The third kappa shape index (κ3) is 8.41. The van der Waals surface area contributed by atoms with Crippen molar-refractivity contribution in [1.82, 2.24) is 20.1 Å². The summed E-state index contributed by atoms with van der Waals surface area (Å²) in [5.74, 6) is 0.918. The maximum atomic E-state index is 13.9. The summed E-state index contributed by atoms with van der Waals surface area (Å²) in [6, 6.07) is 17.4. The number of halogens is 4. The van der Waals surface area contributed by atoms with Crippen LogP contribution in [0.4, 0.5) is 28.0 Å². The minimum atomic E-state index is -4.75. The number of urea groups is 1. The molecule has 0 spiro atoms. The van der Waals surface area contributed by atoms with E-state index in [0.29, 0.717) is 29.8 Å². The third-order valence-corrected chi connectivity index (χ3v) is 8.06. The van der Waals surface area contributed by atoms with Crippen LogP contribution in [0, 0.1) is 11.7 Å². The zero-order valence-corrected chi connectivity index (χ0v) is 25.7. The molecule has 236 valence electrons. The van der Waals surface area contributed by atoms with Crippen molar-refractivity contribution in [3.63, 3.8) is 0 Å². The molecule has 3 aromatic carbocycles. The molecule has 1 N–H and O–H groups in total. The quantitative estimate of drug-likeness (QED) is 0.190. The van der Waals surface area contributed by atoms with Gasteiger partial charge in [0.15, 0.2) is 11.0 Å². The van der Waals surface area contributed by atoms with E-state index in [2.05, 4.69) is 25.1 Å². The van der Waals surface area contributed by atoms with Gasteiger partial charge >= 0.3 is 12.4 Å². The standard InChI is InChI=1S/C32H32F4N6O2S/c1-20(2)27-17-24(33)8-13-28(27)41-14-15-45-31(41)39-30(43)37-18-21(3)16-22-4-6-23(7-5-22)29-38-19-42(40-29)25-9-11-26(12-10-25)44-32(34,35)36/h4-13,17,19-21H,14-16,18H2,1-3H3,(H,37,43)/b39-31-. The van der Waals surface area contributed by atoms with Crippen molar-refractivity contribution in [3.05, 3.63) is 90.0 Å². The van der Waals surface area contributed by atoms with E-state index in [1.54, 1.807) is 12.1 Å². The first-order valence-electron chi connectivity index (χ1n) is 14.4. The Bertz CT molecular complexity index is 1660. The van der Waals surface area contributed by atoms with Crippen LogP contribution in [0.5, 0.6) is 5.75 Å². The SMILES string of the molecule is CC(CNC(=O)/N=C1\SCCN1c1ccc(F)cc1C(C)C)Cc1ccc(-c2ncn(-c3ccc(OC(F)(F)F)cc3)n2)cc1. The van der Waals surface area contributed by atoms with Crippen LogP contribution in [0.2, 0.25) is 0 Å². The molecule has 0 bridgehead atoms. The number of amidine groups is 1. The summed E-state index contributed by atoms with van der Waals surface area (Å²) in [5, 5.41) is 7.95. The molecule has 8 nitrogen and oxygen atoms in total. The number of hydrogen-bond acceptors (Lipinski definition) is 5. The maximum absolute atomic E-state index is 13.9. The molecule has 1 unspecified atom stereocenters. The van der Waals surface area contributed by atoms with Crippen LogP contribution in [0.15, 0.2) is 78.0 Å². The predicted molar refractivity (Wildman–Crippen MR) is 167 cm³/mol. The molecule has 0 radical (unpaired) electrons. The van der Waals surface area contributed by atoms with Crippen molar-refractivity contribution in [2.45, 2.75) is 39.5 Å². The van der Waals surface area contributed by atoms with Crippen molar-refractivity contribution >= 4 is 28.6 Å². The van der Waals surface area contributed by atoms with Gasteiger partial charge in [-0.05, 0) is 71.8 Å². The molecule has 13 heteroatoms. The number of thioether (sulfide) groups is 1. The first-order valence-corrected chi connectivity index (χ1v) is 15.4. The number of nitrogens with one attached hydrogen (secondary N) is 1. The fraction of sp³-hybridized carbons (Fsp3) is 0.312. The second-order valence-electron chi connectivity index (χ2n) is 11.0. The Morgan fingerprint density at radius 2 is 1.80 bits per heavy atom. The molecular formula is C32H32F4N6O2S. The summed E-state index contributed by atoms with van der Waals surface area (Å²) in [7, 11) is 0. The number of anilines is 1. The molecule has 2 amide bonds. The van der Waals surface area contributed by atoms with Gasteiger partial charge in [-0.3, -0.25) is 0 Å². The minimum absolute atomic E-state index is 0.121. The molecule has 1 aliphatic rings. The molecule has 2 heterocycles. The number of nitrogens with zero attached hydrogens (tertiary/aromatic N) is 5. The number of alkyl halides is 3. The van der Waals surface area contributed by atoms with Crippen LogP contribution < -0.4 is 15.0 Å². The normalized spacial score (nSPS) is 15.1. The van der Waals surface area contributed by atoms with Gasteiger partial charge in [0.2, 0.25) is 0 Å². The highest BCUT2D eigenvalue weighted by Crippen LogP contribution is 2.33. The number of benzene rings is 3. The Labute approximate surface area is 262 Å². The van der Waals surface area contributed by atoms with Gasteiger partial charge in [-0.2, -0.15) is 4.99 Å². The van der Waals surface area contributed by atoms with Crippen molar-refractivity contribution < 1.29 is 27.1 Å². The fourth-order valence-electron chi connectivity index (χ4n) is 4.92. The van der Waals surface area contributed by atoms with Gasteiger partial charge in [0.25, 0.3) is 0 Å². The Morgan fingerprint density at radius 3 is 2.49 bits per heavy atom. The van der Waals surface area contributed by atoms with Gasteiger partial charge in [-0.1, -0.05) is 56.8 Å². The molecule has 1 saturated heterocycles. The van der Waals surface area contributed by atoms with Crippen LogP contribution in [-0.2, 0) is 6.42 Å². The summed E-state index contributed by atoms with van der Waals surface area (Å²) >= 11 is 1.50. The summed E-state index contributed by atoms with van der Waals surface area (Å²) in [6.45, 7) is 7.19. The van der Waals surface area contributed by atoms with Gasteiger partial charge in [0.05, 0.1) is 5.69 Å². The molecule has 5 rings (SSSR count). The van der Waals surface area contributed by atoms with Gasteiger partial charge < -0.3 is 15.0 Å². The lowest BCUT2D eigenvalue weighted by molar-refractivity contribution is -0.274. The smallest absolute Gasteiger partial charge is 0.406 e. The minimum Gasteiger partial charge on any atom is -0.406 e. The molecular weight excluding hydrogens is 608 g/mol. The summed E-state index contributed by atoms with van der Waals surface area (Å²) in [4.78, 5) is 23.3. The van der Waals surface area contributed by atoms with Crippen LogP contribution in [0.25, 0.3) is 17.1 Å². The molecule has 1 atom stereocenters. The monoisotopic (exact) mass is 640 g/mol. The zero-order valence-electron chi connectivity index (χ0n) is 24.9. The Balaban J connectivity index is 1.14. The first-order chi connectivity index (χ1) is 21.4. The summed E-state index contributed by atoms with van der Waals surface area (Å²) < 4.78 is 56.5. The van der Waals surface area contributed by atoms with Gasteiger partial charge in [0, 0.05) is 30.1 Å². The highest BCUT2D eigenvalue weighted by Gasteiger charge is 2.31. The van der Waals surface area contributed by atoms with E-state index in [9.17, 15) is 22.4 Å². The second kappa shape index (κ2) is 13.7. The van der Waals surface area contributed by atoms with E-state index in [4.69, 9.17) is 0 Å². The second-order valence-corrected chi connectivity index (χ2v) is 12.1. The Kier molecular flexibility index (Phi) is 9.76. The van der Waals surface area contributed by atoms with Crippen LogP contribution in [0.1, 0.15) is 37.8 Å². The Morgan fingerprint density at radius 1 is 1.07 bits per heavy atom. The van der Waals surface area contributed by atoms with Gasteiger partial charge in [0.1, 0.15) is 17.9 Å². The fourth-order valence-corrected chi connectivity index (χ4v) is 5.87. The number of amides is 2. The number of rotatable bonds is 9. The first kappa shape index (κ1) is 32.0. The lowest BCUT2D eigenvalue weighted by Gasteiger charge is -2.23.